The summed E-state index contributed by atoms with van der Waals surface area (Å²) in [5, 5.41) is 12.3. The molecule has 0 aliphatic carbocycles. The van der Waals surface area contributed by atoms with Gasteiger partial charge in [-0.05, 0) is 30.4 Å². The Labute approximate surface area is 133 Å². The SMILES string of the molecule is CC1CCCCNc2nc3oc(S(C)(=O)=O)c(C(=O)O)c3cc21. The Morgan fingerprint density at radius 1 is 1.43 bits per heavy atom. The van der Waals surface area contributed by atoms with Crippen molar-refractivity contribution < 1.29 is 22.7 Å². The van der Waals surface area contributed by atoms with Gasteiger partial charge in [-0.2, -0.15) is 4.98 Å². The highest BCUT2D eigenvalue weighted by molar-refractivity contribution is 7.90. The van der Waals surface area contributed by atoms with E-state index < -0.39 is 20.9 Å². The van der Waals surface area contributed by atoms with Gasteiger partial charge < -0.3 is 14.8 Å². The third-order valence-corrected chi connectivity index (χ3v) is 5.08. The van der Waals surface area contributed by atoms with E-state index >= 15 is 0 Å². The van der Waals surface area contributed by atoms with Crippen molar-refractivity contribution in [3.63, 3.8) is 0 Å². The minimum atomic E-state index is -3.80. The monoisotopic (exact) mass is 338 g/mol. The van der Waals surface area contributed by atoms with Crippen molar-refractivity contribution in [1.82, 2.24) is 4.98 Å². The van der Waals surface area contributed by atoms with Gasteiger partial charge in [0.05, 0.1) is 5.39 Å². The van der Waals surface area contributed by atoms with Crippen LogP contribution in [-0.2, 0) is 9.84 Å². The standard InChI is InChI=1S/C15H18N2O5S/c1-8-5-3-4-6-16-12-9(8)7-10-11(14(18)19)15(23(2,20)21)22-13(10)17-12/h7-8H,3-6H2,1-2H3,(H,16,17)(H,18,19). The molecule has 0 radical (unpaired) electrons. The van der Waals surface area contributed by atoms with E-state index in [-0.39, 0.29) is 22.6 Å². The lowest BCUT2D eigenvalue weighted by Gasteiger charge is -2.20. The van der Waals surface area contributed by atoms with Crippen LogP contribution in [-0.4, -0.2) is 37.3 Å². The molecule has 0 amide bonds. The molecule has 124 valence electrons. The van der Waals surface area contributed by atoms with Crippen LogP contribution in [0.2, 0.25) is 0 Å². The van der Waals surface area contributed by atoms with E-state index in [0.29, 0.717) is 5.82 Å². The zero-order valence-corrected chi connectivity index (χ0v) is 13.7. The number of nitrogens with one attached hydrogen (secondary N) is 1. The number of hydrogen-bond acceptors (Lipinski definition) is 6. The van der Waals surface area contributed by atoms with E-state index in [1.54, 1.807) is 6.07 Å². The molecule has 7 nitrogen and oxygen atoms in total. The van der Waals surface area contributed by atoms with Gasteiger partial charge in [-0.1, -0.05) is 13.3 Å². The molecule has 0 aromatic carbocycles. The van der Waals surface area contributed by atoms with Crippen molar-refractivity contribution in [2.45, 2.75) is 37.2 Å². The second-order valence-corrected chi connectivity index (χ2v) is 7.86. The first-order valence-electron chi connectivity index (χ1n) is 7.43. The molecule has 1 aliphatic rings. The fourth-order valence-corrected chi connectivity index (χ4v) is 3.73. The number of aromatic carboxylic acids is 1. The molecule has 0 fully saturated rings. The Morgan fingerprint density at radius 2 is 2.17 bits per heavy atom. The summed E-state index contributed by atoms with van der Waals surface area (Å²) < 4.78 is 28.9. The van der Waals surface area contributed by atoms with E-state index in [1.807, 2.05) is 0 Å². The van der Waals surface area contributed by atoms with Crippen LogP contribution < -0.4 is 5.32 Å². The number of aromatic nitrogens is 1. The van der Waals surface area contributed by atoms with Gasteiger partial charge in [-0.25, -0.2) is 13.2 Å². The molecule has 8 heteroatoms. The molecule has 0 saturated heterocycles. The van der Waals surface area contributed by atoms with Crippen molar-refractivity contribution in [1.29, 1.82) is 0 Å². The van der Waals surface area contributed by atoms with Gasteiger partial charge in [0, 0.05) is 12.8 Å². The van der Waals surface area contributed by atoms with E-state index in [4.69, 9.17) is 4.42 Å². The van der Waals surface area contributed by atoms with Crippen LogP contribution in [0.4, 0.5) is 5.82 Å². The number of carboxylic acids is 1. The topological polar surface area (TPSA) is 110 Å². The van der Waals surface area contributed by atoms with Crippen LogP contribution in [0, 0.1) is 0 Å². The number of carbonyl (C=O) groups is 1. The smallest absolute Gasteiger partial charge is 0.341 e. The Bertz CT molecular complexity index is 885. The van der Waals surface area contributed by atoms with Crippen LogP contribution in [0.5, 0.6) is 0 Å². The first-order chi connectivity index (χ1) is 10.8. The predicted molar refractivity (Wildman–Crippen MR) is 84.8 cm³/mol. The summed E-state index contributed by atoms with van der Waals surface area (Å²) in [4.78, 5) is 15.9. The van der Waals surface area contributed by atoms with Gasteiger partial charge in [0.1, 0.15) is 11.4 Å². The number of hydrogen-bond donors (Lipinski definition) is 2. The van der Waals surface area contributed by atoms with Crippen molar-refractivity contribution in [2.24, 2.45) is 0 Å². The molecule has 2 aromatic heterocycles. The lowest BCUT2D eigenvalue weighted by molar-refractivity contribution is 0.0691. The Balaban J connectivity index is 2.32. The average molecular weight is 338 g/mol. The second-order valence-electron chi connectivity index (χ2n) is 5.94. The number of nitrogens with zero attached hydrogens (tertiary/aromatic N) is 1. The summed E-state index contributed by atoms with van der Waals surface area (Å²) in [5.74, 6) is -0.499. The van der Waals surface area contributed by atoms with Crippen LogP contribution in [0.25, 0.3) is 11.1 Å². The highest BCUT2D eigenvalue weighted by Crippen LogP contribution is 2.36. The normalized spacial score (nSPS) is 18.8. The first kappa shape index (κ1) is 15.8. The molecule has 2 aromatic rings. The summed E-state index contributed by atoms with van der Waals surface area (Å²) in [6.45, 7) is 2.82. The van der Waals surface area contributed by atoms with E-state index in [1.165, 1.54) is 0 Å². The van der Waals surface area contributed by atoms with E-state index in [0.717, 1.165) is 37.6 Å². The number of furan rings is 1. The van der Waals surface area contributed by atoms with Gasteiger partial charge in [-0.3, -0.25) is 0 Å². The maximum absolute atomic E-state index is 11.8. The van der Waals surface area contributed by atoms with Crippen molar-refractivity contribution >= 4 is 32.7 Å². The third-order valence-electron chi connectivity index (χ3n) is 4.12. The lowest BCUT2D eigenvalue weighted by Crippen LogP contribution is -2.12. The predicted octanol–water partition coefficient (Wildman–Crippen LogP) is 2.63. The molecule has 0 spiro atoms. The third kappa shape index (κ3) is 2.78. The van der Waals surface area contributed by atoms with Gasteiger partial charge >= 0.3 is 5.97 Å². The quantitative estimate of drug-likeness (QED) is 0.866. The van der Waals surface area contributed by atoms with Crippen LogP contribution >= 0.6 is 0 Å². The summed E-state index contributed by atoms with van der Waals surface area (Å²) in [7, 11) is -3.80. The lowest BCUT2D eigenvalue weighted by atomic mass is 9.93. The van der Waals surface area contributed by atoms with Gasteiger partial charge in [-0.15, -0.1) is 0 Å². The molecular formula is C15H18N2O5S. The van der Waals surface area contributed by atoms with Crippen LogP contribution in [0.3, 0.4) is 0 Å². The molecule has 3 heterocycles. The Kier molecular flexibility index (Phi) is 3.79. The van der Waals surface area contributed by atoms with E-state index in [9.17, 15) is 18.3 Å². The highest BCUT2D eigenvalue weighted by Gasteiger charge is 2.29. The summed E-state index contributed by atoms with van der Waals surface area (Å²) in [6.07, 6.45) is 3.99. The fraction of sp³-hybridized carbons (Fsp3) is 0.467. The minimum Gasteiger partial charge on any atom is -0.478 e. The van der Waals surface area contributed by atoms with Crippen LogP contribution in [0.1, 0.15) is 48.0 Å². The number of fused-ring (bicyclic) bond motifs is 2. The summed E-state index contributed by atoms with van der Waals surface area (Å²) >= 11 is 0. The zero-order valence-electron chi connectivity index (χ0n) is 12.9. The molecule has 2 N–H and O–H groups in total. The molecule has 1 aliphatic heterocycles. The van der Waals surface area contributed by atoms with E-state index in [2.05, 4.69) is 17.2 Å². The minimum absolute atomic E-state index is 0.0295. The molecule has 0 bridgehead atoms. The summed E-state index contributed by atoms with van der Waals surface area (Å²) in [5.41, 5.74) is 0.578. The maximum Gasteiger partial charge on any atom is 0.341 e. The molecule has 0 saturated carbocycles. The van der Waals surface area contributed by atoms with Crippen molar-refractivity contribution in [3.8, 4) is 0 Å². The second kappa shape index (κ2) is 5.52. The largest absolute Gasteiger partial charge is 0.478 e. The number of anilines is 1. The van der Waals surface area contributed by atoms with Crippen LogP contribution in [0.15, 0.2) is 15.6 Å². The highest BCUT2D eigenvalue weighted by atomic mass is 32.2. The summed E-state index contributed by atoms with van der Waals surface area (Å²) in [6, 6.07) is 1.70. The Morgan fingerprint density at radius 3 is 2.83 bits per heavy atom. The number of rotatable bonds is 2. The number of carboxylic acid groups (broad SMARTS) is 1. The van der Waals surface area contributed by atoms with Crippen molar-refractivity contribution in [2.75, 3.05) is 18.1 Å². The maximum atomic E-state index is 11.8. The molecule has 1 unspecified atom stereocenters. The zero-order chi connectivity index (χ0) is 16.8. The fourth-order valence-electron chi connectivity index (χ4n) is 2.94. The average Bonchev–Trinajstić information content (AvgIpc) is 2.82. The first-order valence-corrected chi connectivity index (χ1v) is 9.33. The molecule has 3 rings (SSSR count). The Hall–Kier alpha value is -2.09. The van der Waals surface area contributed by atoms with Gasteiger partial charge in [0.15, 0.2) is 0 Å². The number of sulfone groups is 1. The molecular weight excluding hydrogens is 320 g/mol. The van der Waals surface area contributed by atoms with Gasteiger partial charge in [0.2, 0.25) is 20.6 Å². The molecule has 23 heavy (non-hydrogen) atoms. The van der Waals surface area contributed by atoms with Gasteiger partial charge in [0.25, 0.3) is 0 Å². The number of pyridine rings is 1. The van der Waals surface area contributed by atoms with Crippen molar-refractivity contribution in [3.05, 3.63) is 17.2 Å². The molecule has 1 atom stereocenters.